The van der Waals surface area contributed by atoms with Gasteiger partial charge in [-0.1, -0.05) is 0 Å². The quantitative estimate of drug-likeness (QED) is 0.559. The molecule has 3 N–H and O–H groups in total. The zero-order valence-corrected chi connectivity index (χ0v) is 9.13. The Morgan fingerprint density at radius 3 is 1.75 bits per heavy atom. The van der Waals surface area contributed by atoms with Gasteiger partial charge in [0, 0.05) is 0 Å². The monoisotopic (exact) mass is 234 g/mol. The number of aliphatic carboxylic acids is 2. The molecule has 92 valence electrons. The van der Waals surface area contributed by atoms with Gasteiger partial charge in [-0.05, 0) is 20.8 Å². The molecule has 0 saturated heterocycles. The average molecular weight is 234 g/mol. The summed E-state index contributed by atoms with van der Waals surface area (Å²) >= 11 is 0. The summed E-state index contributed by atoms with van der Waals surface area (Å²) < 4.78 is 4.43. The third-order valence-electron chi connectivity index (χ3n) is 1.63. The van der Waals surface area contributed by atoms with Crippen molar-refractivity contribution >= 4 is 17.9 Å². The molecular formula is C9H14O7. The number of carbonyl (C=O) groups excluding carboxylic acids is 1. The third-order valence-corrected chi connectivity index (χ3v) is 1.63. The Bertz CT molecular complexity index is 301. The van der Waals surface area contributed by atoms with Crippen LogP contribution in [0.2, 0.25) is 0 Å². The predicted octanol–water partition coefficient (Wildman–Crippen LogP) is -0.526. The van der Waals surface area contributed by atoms with Crippen LogP contribution in [0.15, 0.2) is 0 Å². The lowest BCUT2D eigenvalue weighted by Crippen LogP contribution is -2.44. The number of hydrogen-bond donors (Lipinski definition) is 3. The molecule has 0 radical (unpaired) electrons. The highest BCUT2D eigenvalue weighted by molar-refractivity contribution is 5.86. The Kier molecular flexibility index (Phi) is 4.43. The van der Waals surface area contributed by atoms with E-state index in [2.05, 4.69) is 4.74 Å². The van der Waals surface area contributed by atoms with Crippen molar-refractivity contribution in [3.05, 3.63) is 0 Å². The zero-order valence-electron chi connectivity index (χ0n) is 9.13. The fourth-order valence-electron chi connectivity index (χ4n) is 0.671. The average Bonchev–Trinajstić information content (AvgIpc) is 2.10. The largest absolute Gasteiger partial charge is 0.479 e. The minimum Gasteiger partial charge on any atom is -0.479 e. The number of rotatable bonds is 4. The number of esters is 1. The van der Waals surface area contributed by atoms with Crippen molar-refractivity contribution in [3.63, 3.8) is 0 Å². The van der Waals surface area contributed by atoms with Crippen molar-refractivity contribution in [3.8, 4) is 0 Å². The van der Waals surface area contributed by atoms with Crippen molar-refractivity contribution in [2.24, 2.45) is 5.41 Å². The van der Waals surface area contributed by atoms with E-state index in [1.165, 1.54) is 20.8 Å². The van der Waals surface area contributed by atoms with Gasteiger partial charge in [-0.2, -0.15) is 0 Å². The number of ether oxygens (including phenoxy) is 1. The number of aliphatic hydroxyl groups is 1. The lowest BCUT2D eigenvalue weighted by molar-refractivity contribution is -0.182. The highest BCUT2D eigenvalue weighted by Gasteiger charge is 2.38. The van der Waals surface area contributed by atoms with E-state index in [0.29, 0.717) is 0 Å². The molecule has 0 rings (SSSR count). The van der Waals surface area contributed by atoms with Crippen LogP contribution in [0, 0.1) is 5.41 Å². The molecule has 0 aromatic heterocycles. The predicted molar refractivity (Wildman–Crippen MR) is 50.6 cm³/mol. The Balaban J connectivity index is 4.79. The molecule has 0 bridgehead atoms. The fraction of sp³-hybridized carbons (Fsp3) is 0.667. The van der Waals surface area contributed by atoms with Gasteiger partial charge in [-0.15, -0.1) is 0 Å². The highest BCUT2D eigenvalue weighted by Crippen LogP contribution is 2.17. The maximum atomic E-state index is 11.3. The molecule has 0 amide bonds. The van der Waals surface area contributed by atoms with Gasteiger partial charge in [0.25, 0.3) is 0 Å². The molecule has 0 heterocycles. The molecule has 2 unspecified atom stereocenters. The van der Waals surface area contributed by atoms with Crippen LogP contribution in [0.1, 0.15) is 20.8 Å². The molecular weight excluding hydrogens is 220 g/mol. The number of carboxylic acids is 2. The zero-order chi connectivity index (χ0) is 13.1. The first kappa shape index (κ1) is 14.4. The van der Waals surface area contributed by atoms with E-state index in [9.17, 15) is 14.4 Å². The SMILES string of the molecule is CC(C)(C)C(=O)OC(C(=O)O)C(O)C(=O)O. The van der Waals surface area contributed by atoms with E-state index in [1.807, 2.05) is 0 Å². The number of carboxylic acid groups (broad SMARTS) is 2. The Hall–Kier alpha value is -1.63. The first-order valence-electron chi connectivity index (χ1n) is 4.42. The molecule has 7 heteroatoms. The third kappa shape index (κ3) is 3.85. The lowest BCUT2D eigenvalue weighted by atomic mass is 9.97. The minimum absolute atomic E-state index is 0.903. The maximum absolute atomic E-state index is 11.3. The molecule has 16 heavy (non-hydrogen) atoms. The van der Waals surface area contributed by atoms with Crippen LogP contribution in [0.25, 0.3) is 0 Å². The summed E-state index contributed by atoms with van der Waals surface area (Å²) in [5, 5.41) is 26.0. The van der Waals surface area contributed by atoms with Gasteiger partial charge >= 0.3 is 17.9 Å². The van der Waals surface area contributed by atoms with Gasteiger partial charge in [0.15, 0.2) is 6.10 Å². The van der Waals surface area contributed by atoms with Crippen LogP contribution in [0.5, 0.6) is 0 Å². The van der Waals surface area contributed by atoms with E-state index < -0.39 is 35.5 Å². The Labute approximate surface area is 91.6 Å². The van der Waals surface area contributed by atoms with Crippen LogP contribution in [-0.4, -0.2) is 45.4 Å². The molecule has 0 saturated carbocycles. The summed E-state index contributed by atoms with van der Waals surface area (Å²) in [5.41, 5.74) is -0.980. The molecule has 0 spiro atoms. The first-order chi connectivity index (χ1) is 7.07. The molecule has 2 atom stereocenters. The van der Waals surface area contributed by atoms with Crippen molar-refractivity contribution in [1.29, 1.82) is 0 Å². The van der Waals surface area contributed by atoms with E-state index in [4.69, 9.17) is 15.3 Å². The van der Waals surface area contributed by atoms with Crippen LogP contribution in [0.3, 0.4) is 0 Å². The van der Waals surface area contributed by atoms with Crippen molar-refractivity contribution in [2.45, 2.75) is 33.0 Å². The molecule has 0 aliphatic carbocycles. The van der Waals surface area contributed by atoms with E-state index >= 15 is 0 Å². The summed E-state index contributed by atoms with van der Waals surface area (Å²) in [6, 6.07) is 0. The normalized spacial score (nSPS) is 15.0. The van der Waals surface area contributed by atoms with Gasteiger partial charge < -0.3 is 20.1 Å². The molecule has 0 aliphatic heterocycles. The molecule has 0 aromatic carbocycles. The topological polar surface area (TPSA) is 121 Å². The van der Waals surface area contributed by atoms with Gasteiger partial charge in [0.1, 0.15) is 0 Å². The maximum Gasteiger partial charge on any atom is 0.348 e. The second kappa shape index (κ2) is 4.93. The smallest absolute Gasteiger partial charge is 0.348 e. The second-order valence-electron chi connectivity index (χ2n) is 4.20. The Morgan fingerprint density at radius 2 is 1.50 bits per heavy atom. The van der Waals surface area contributed by atoms with E-state index in [0.717, 1.165) is 0 Å². The van der Waals surface area contributed by atoms with Gasteiger partial charge in [0.2, 0.25) is 6.10 Å². The second-order valence-corrected chi connectivity index (χ2v) is 4.20. The van der Waals surface area contributed by atoms with Crippen molar-refractivity contribution < 1.29 is 34.4 Å². The van der Waals surface area contributed by atoms with Crippen molar-refractivity contribution in [1.82, 2.24) is 0 Å². The van der Waals surface area contributed by atoms with Crippen LogP contribution < -0.4 is 0 Å². The van der Waals surface area contributed by atoms with Gasteiger partial charge in [-0.3, -0.25) is 4.79 Å². The Morgan fingerprint density at radius 1 is 1.06 bits per heavy atom. The highest BCUT2D eigenvalue weighted by atomic mass is 16.6. The summed E-state index contributed by atoms with van der Waals surface area (Å²) in [6.45, 7) is 4.42. The molecule has 0 aromatic rings. The van der Waals surface area contributed by atoms with Gasteiger partial charge in [-0.25, -0.2) is 9.59 Å². The summed E-state index contributed by atoms with van der Waals surface area (Å²) in [4.78, 5) is 32.3. The summed E-state index contributed by atoms with van der Waals surface area (Å²) in [7, 11) is 0. The molecule has 7 nitrogen and oxygen atoms in total. The number of hydrogen-bond acceptors (Lipinski definition) is 5. The standard InChI is InChI=1S/C9H14O7/c1-9(2,3)8(15)16-5(7(13)14)4(10)6(11)12/h4-5,10H,1-3H3,(H,11,12)(H,13,14). The minimum atomic E-state index is -2.29. The molecule has 0 aliphatic rings. The van der Waals surface area contributed by atoms with Crippen LogP contribution in [0.4, 0.5) is 0 Å². The summed E-state index contributed by atoms with van der Waals surface area (Å²) in [5.74, 6) is -4.39. The van der Waals surface area contributed by atoms with Crippen LogP contribution in [-0.2, 0) is 19.1 Å². The molecule has 0 fully saturated rings. The number of carbonyl (C=O) groups is 3. The summed E-state index contributed by atoms with van der Waals surface area (Å²) in [6.07, 6.45) is -4.40. The lowest BCUT2D eigenvalue weighted by Gasteiger charge is -2.22. The van der Waals surface area contributed by atoms with Gasteiger partial charge in [0.05, 0.1) is 5.41 Å². The van der Waals surface area contributed by atoms with Crippen LogP contribution >= 0.6 is 0 Å². The first-order valence-corrected chi connectivity index (χ1v) is 4.42. The van der Waals surface area contributed by atoms with E-state index in [-0.39, 0.29) is 0 Å². The number of aliphatic hydroxyl groups excluding tert-OH is 1. The van der Waals surface area contributed by atoms with E-state index in [1.54, 1.807) is 0 Å². The fourth-order valence-corrected chi connectivity index (χ4v) is 0.671. The van der Waals surface area contributed by atoms with Crippen molar-refractivity contribution in [2.75, 3.05) is 0 Å².